The standard InChI is InChI=1S/C17H24O8S/c1-17(2,19)24-13-9-14(22-10-13)15(25-26(3,20)21)11-23-16(18)12-7-5-4-6-8-12/h4-8,13-15,19H,9-11H2,1-3H3/t13-,14?,15?/m1/s1. The molecule has 146 valence electrons. The van der Waals surface area contributed by atoms with Crippen molar-refractivity contribution < 1.29 is 36.7 Å². The first-order chi connectivity index (χ1) is 12.0. The fourth-order valence-electron chi connectivity index (χ4n) is 2.61. The molecule has 1 aliphatic rings. The van der Waals surface area contributed by atoms with Crippen LogP contribution in [-0.4, -0.2) is 63.1 Å². The van der Waals surface area contributed by atoms with Crippen molar-refractivity contribution in [3.63, 3.8) is 0 Å². The van der Waals surface area contributed by atoms with Crippen molar-refractivity contribution in [3.8, 4) is 0 Å². The van der Waals surface area contributed by atoms with Crippen LogP contribution in [0.2, 0.25) is 0 Å². The molecule has 26 heavy (non-hydrogen) atoms. The van der Waals surface area contributed by atoms with Crippen molar-refractivity contribution in [2.45, 2.75) is 44.4 Å². The number of ether oxygens (including phenoxy) is 3. The van der Waals surface area contributed by atoms with Crippen LogP contribution in [0.4, 0.5) is 0 Å². The summed E-state index contributed by atoms with van der Waals surface area (Å²) in [6.07, 6.45) is -0.865. The average Bonchev–Trinajstić information content (AvgIpc) is 2.97. The Kier molecular flexibility index (Phi) is 6.75. The Balaban J connectivity index is 1.99. The summed E-state index contributed by atoms with van der Waals surface area (Å²) < 4.78 is 44.3. The second kappa shape index (κ2) is 8.45. The van der Waals surface area contributed by atoms with E-state index in [1.807, 2.05) is 0 Å². The number of carbonyl (C=O) groups is 1. The van der Waals surface area contributed by atoms with E-state index in [0.717, 1.165) is 6.26 Å². The molecule has 0 radical (unpaired) electrons. The molecule has 0 bridgehead atoms. The highest BCUT2D eigenvalue weighted by Crippen LogP contribution is 2.25. The molecule has 0 amide bonds. The van der Waals surface area contributed by atoms with Crippen LogP contribution in [0.1, 0.15) is 30.6 Å². The topological polar surface area (TPSA) is 108 Å². The summed E-state index contributed by atoms with van der Waals surface area (Å²) >= 11 is 0. The Morgan fingerprint density at radius 1 is 1.35 bits per heavy atom. The van der Waals surface area contributed by atoms with Gasteiger partial charge in [0.05, 0.1) is 30.6 Å². The molecular weight excluding hydrogens is 364 g/mol. The van der Waals surface area contributed by atoms with Crippen molar-refractivity contribution >= 4 is 16.1 Å². The quantitative estimate of drug-likeness (QED) is 0.401. The molecule has 1 N–H and O–H groups in total. The number of rotatable bonds is 8. The highest BCUT2D eigenvalue weighted by atomic mass is 32.2. The molecule has 3 atom stereocenters. The van der Waals surface area contributed by atoms with E-state index in [4.69, 9.17) is 18.4 Å². The van der Waals surface area contributed by atoms with Gasteiger partial charge in [-0.1, -0.05) is 18.2 Å². The highest BCUT2D eigenvalue weighted by Gasteiger charge is 2.37. The van der Waals surface area contributed by atoms with Gasteiger partial charge in [-0.25, -0.2) is 4.79 Å². The molecule has 8 nitrogen and oxygen atoms in total. The Morgan fingerprint density at radius 3 is 2.58 bits per heavy atom. The molecule has 0 aliphatic carbocycles. The molecule has 1 fully saturated rings. The third-order valence-corrected chi connectivity index (χ3v) is 4.14. The normalized spacial score (nSPS) is 22.2. The molecule has 1 aliphatic heterocycles. The Bertz CT molecular complexity index is 695. The predicted octanol–water partition coefficient (Wildman–Crippen LogP) is 1.09. The first-order valence-electron chi connectivity index (χ1n) is 8.16. The largest absolute Gasteiger partial charge is 0.459 e. The molecule has 1 heterocycles. The van der Waals surface area contributed by atoms with E-state index < -0.39 is 40.2 Å². The number of carbonyl (C=O) groups excluding carboxylic acids is 1. The summed E-state index contributed by atoms with van der Waals surface area (Å²) in [6.45, 7) is 2.87. The smallest absolute Gasteiger partial charge is 0.338 e. The SMILES string of the molecule is CC(C)(O)O[C@H]1COC(C(COC(=O)c2ccccc2)OS(C)(=O)=O)C1. The van der Waals surface area contributed by atoms with Crippen LogP contribution in [-0.2, 0) is 28.5 Å². The van der Waals surface area contributed by atoms with E-state index >= 15 is 0 Å². The Labute approximate surface area is 153 Å². The van der Waals surface area contributed by atoms with Gasteiger partial charge in [-0.15, -0.1) is 0 Å². The molecule has 0 saturated carbocycles. The Morgan fingerprint density at radius 2 is 2.00 bits per heavy atom. The zero-order valence-corrected chi connectivity index (χ0v) is 15.8. The maximum atomic E-state index is 12.1. The van der Waals surface area contributed by atoms with Crippen LogP contribution in [0.5, 0.6) is 0 Å². The van der Waals surface area contributed by atoms with Gasteiger partial charge in [0.1, 0.15) is 12.7 Å². The van der Waals surface area contributed by atoms with Gasteiger partial charge in [-0.05, 0) is 26.0 Å². The lowest BCUT2D eigenvalue weighted by Crippen LogP contribution is -2.36. The summed E-state index contributed by atoms with van der Waals surface area (Å²) in [4.78, 5) is 12.1. The van der Waals surface area contributed by atoms with Crippen molar-refractivity contribution in [1.29, 1.82) is 0 Å². The molecule has 2 unspecified atom stereocenters. The monoisotopic (exact) mass is 388 g/mol. The van der Waals surface area contributed by atoms with Gasteiger partial charge in [0.25, 0.3) is 10.1 Å². The van der Waals surface area contributed by atoms with Crippen LogP contribution in [0, 0.1) is 0 Å². The minimum atomic E-state index is -3.79. The van der Waals surface area contributed by atoms with E-state index in [1.165, 1.54) is 13.8 Å². The van der Waals surface area contributed by atoms with Crippen molar-refractivity contribution in [3.05, 3.63) is 35.9 Å². The third-order valence-electron chi connectivity index (χ3n) is 3.55. The summed E-state index contributed by atoms with van der Waals surface area (Å²) in [5.41, 5.74) is 0.348. The summed E-state index contributed by atoms with van der Waals surface area (Å²) in [5, 5.41) is 9.72. The molecule has 0 aromatic heterocycles. The van der Waals surface area contributed by atoms with Crippen molar-refractivity contribution in [2.75, 3.05) is 19.5 Å². The van der Waals surface area contributed by atoms with Gasteiger partial charge in [0.2, 0.25) is 0 Å². The van der Waals surface area contributed by atoms with Crippen molar-refractivity contribution in [2.24, 2.45) is 0 Å². The number of benzene rings is 1. The zero-order chi connectivity index (χ0) is 19.4. The first-order valence-corrected chi connectivity index (χ1v) is 9.97. The van der Waals surface area contributed by atoms with E-state index in [1.54, 1.807) is 30.3 Å². The molecule has 1 aromatic carbocycles. The molecule has 9 heteroatoms. The highest BCUT2D eigenvalue weighted by molar-refractivity contribution is 7.86. The summed E-state index contributed by atoms with van der Waals surface area (Å²) in [5.74, 6) is -1.93. The van der Waals surface area contributed by atoms with Gasteiger partial charge in [0.15, 0.2) is 5.79 Å². The van der Waals surface area contributed by atoms with E-state index in [9.17, 15) is 18.3 Å². The fourth-order valence-corrected chi connectivity index (χ4v) is 3.24. The summed E-state index contributed by atoms with van der Waals surface area (Å²) in [6, 6.07) is 8.34. The lowest BCUT2D eigenvalue weighted by Gasteiger charge is -2.23. The van der Waals surface area contributed by atoms with Gasteiger partial charge in [-0.2, -0.15) is 8.42 Å². The van der Waals surface area contributed by atoms with Crippen LogP contribution in [0.25, 0.3) is 0 Å². The molecule has 2 rings (SSSR count). The van der Waals surface area contributed by atoms with Crippen molar-refractivity contribution in [1.82, 2.24) is 0 Å². The van der Waals surface area contributed by atoms with Crippen LogP contribution in [0.3, 0.4) is 0 Å². The lowest BCUT2D eigenvalue weighted by molar-refractivity contribution is -0.204. The van der Waals surface area contributed by atoms with E-state index in [2.05, 4.69) is 0 Å². The van der Waals surface area contributed by atoms with E-state index in [-0.39, 0.29) is 13.2 Å². The van der Waals surface area contributed by atoms with Gasteiger partial charge >= 0.3 is 5.97 Å². The number of hydrogen-bond acceptors (Lipinski definition) is 8. The molecule has 1 aromatic rings. The van der Waals surface area contributed by atoms with Crippen LogP contribution >= 0.6 is 0 Å². The second-order valence-corrected chi connectivity index (χ2v) is 8.20. The predicted molar refractivity (Wildman–Crippen MR) is 92.0 cm³/mol. The molecule has 0 spiro atoms. The second-order valence-electron chi connectivity index (χ2n) is 6.60. The minimum Gasteiger partial charge on any atom is -0.459 e. The zero-order valence-electron chi connectivity index (χ0n) is 15.0. The van der Waals surface area contributed by atoms with E-state index in [0.29, 0.717) is 12.0 Å². The third kappa shape index (κ3) is 7.00. The number of esters is 1. The minimum absolute atomic E-state index is 0.172. The number of aliphatic hydroxyl groups is 1. The first kappa shape index (κ1) is 20.8. The molecular formula is C17H24O8S. The Hall–Kier alpha value is -1.52. The van der Waals surface area contributed by atoms with Gasteiger partial charge in [0, 0.05) is 6.42 Å². The molecule has 1 saturated heterocycles. The van der Waals surface area contributed by atoms with Crippen LogP contribution in [0.15, 0.2) is 30.3 Å². The number of hydrogen-bond donors (Lipinski definition) is 1. The maximum absolute atomic E-state index is 12.1. The summed E-state index contributed by atoms with van der Waals surface area (Å²) in [7, 11) is -3.79. The fraction of sp³-hybridized carbons (Fsp3) is 0.588. The maximum Gasteiger partial charge on any atom is 0.338 e. The lowest BCUT2D eigenvalue weighted by atomic mass is 10.1. The van der Waals surface area contributed by atoms with Crippen LogP contribution < -0.4 is 0 Å². The van der Waals surface area contributed by atoms with Gasteiger partial charge in [-0.3, -0.25) is 4.18 Å². The van der Waals surface area contributed by atoms with Gasteiger partial charge < -0.3 is 19.3 Å². The average molecular weight is 388 g/mol.